The fraction of sp³-hybridized carbons (Fsp3) is 0.357. The van der Waals surface area contributed by atoms with Crippen LogP contribution in [-0.2, 0) is 7.05 Å². The number of rotatable bonds is 1. The lowest BCUT2D eigenvalue weighted by Gasteiger charge is -2.07. The van der Waals surface area contributed by atoms with Gasteiger partial charge >= 0.3 is 5.69 Å². The number of aromatic nitrogens is 4. The molecular weight excluding hydrogens is 256 g/mol. The van der Waals surface area contributed by atoms with E-state index in [-0.39, 0.29) is 17.3 Å². The lowest BCUT2D eigenvalue weighted by Crippen LogP contribution is -2.23. The van der Waals surface area contributed by atoms with Crippen LogP contribution in [0.15, 0.2) is 21.7 Å². The van der Waals surface area contributed by atoms with Gasteiger partial charge in [-0.2, -0.15) is 0 Å². The topological polar surface area (TPSA) is 72.7 Å². The van der Waals surface area contributed by atoms with Crippen LogP contribution >= 0.6 is 0 Å². The molecule has 2 heterocycles. The van der Waals surface area contributed by atoms with Crippen LogP contribution in [0.25, 0.3) is 21.9 Å². The molecule has 3 rings (SSSR count). The van der Waals surface area contributed by atoms with Crippen molar-refractivity contribution in [1.29, 1.82) is 0 Å². The van der Waals surface area contributed by atoms with Crippen LogP contribution < -0.4 is 11.2 Å². The van der Waals surface area contributed by atoms with E-state index in [1.807, 2.05) is 13.8 Å². The van der Waals surface area contributed by atoms with Crippen molar-refractivity contribution in [3.63, 3.8) is 0 Å². The molecule has 104 valence electrons. The Kier molecular flexibility index (Phi) is 2.57. The van der Waals surface area contributed by atoms with E-state index in [1.54, 1.807) is 35.2 Å². The molecule has 2 aromatic heterocycles. The van der Waals surface area contributed by atoms with E-state index >= 15 is 0 Å². The molecule has 0 bridgehead atoms. The number of nitrogens with zero attached hydrogens (tertiary/aromatic N) is 3. The van der Waals surface area contributed by atoms with Crippen molar-refractivity contribution < 1.29 is 0 Å². The fourth-order valence-electron chi connectivity index (χ4n) is 2.61. The molecule has 1 aromatic carbocycles. The van der Waals surface area contributed by atoms with Crippen LogP contribution in [0, 0.1) is 6.92 Å². The first-order chi connectivity index (χ1) is 9.40. The van der Waals surface area contributed by atoms with Crippen molar-refractivity contribution >= 4 is 21.9 Å². The number of nitrogens with one attached hydrogen (secondary N) is 1. The summed E-state index contributed by atoms with van der Waals surface area (Å²) in [6, 6.07) is 3.57. The van der Waals surface area contributed by atoms with Gasteiger partial charge in [0.25, 0.3) is 5.56 Å². The zero-order chi connectivity index (χ0) is 14.6. The van der Waals surface area contributed by atoms with Crippen molar-refractivity contribution in [1.82, 2.24) is 19.1 Å². The van der Waals surface area contributed by atoms with Crippen molar-refractivity contribution in [2.45, 2.75) is 26.8 Å². The van der Waals surface area contributed by atoms with Gasteiger partial charge in [-0.1, -0.05) is 0 Å². The van der Waals surface area contributed by atoms with Crippen LogP contribution in [0.2, 0.25) is 0 Å². The van der Waals surface area contributed by atoms with Gasteiger partial charge in [0.1, 0.15) is 5.82 Å². The van der Waals surface area contributed by atoms with Crippen LogP contribution in [0.4, 0.5) is 0 Å². The number of H-pyrrole nitrogens is 1. The van der Waals surface area contributed by atoms with Gasteiger partial charge in [-0.05, 0) is 32.9 Å². The molecule has 6 nitrogen and oxygen atoms in total. The van der Waals surface area contributed by atoms with Crippen molar-refractivity contribution in [3.05, 3.63) is 38.8 Å². The first-order valence-electron chi connectivity index (χ1n) is 6.51. The van der Waals surface area contributed by atoms with E-state index in [2.05, 4.69) is 9.97 Å². The van der Waals surface area contributed by atoms with Gasteiger partial charge in [0.2, 0.25) is 0 Å². The normalized spacial score (nSPS) is 11.8. The number of hydrogen-bond donors (Lipinski definition) is 1. The van der Waals surface area contributed by atoms with Crippen molar-refractivity contribution in [3.8, 4) is 0 Å². The maximum Gasteiger partial charge on any atom is 0.329 e. The highest BCUT2D eigenvalue weighted by Gasteiger charge is 2.15. The molecule has 20 heavy (non-hydrogen) atoms. The predicted molar refractivity (Wildman–Crippen MR) is 78.2 cm³/mol. The Morgan fingerprint density at radius 1 is 1.20 bits per heavy atom. The number of benzene rings is 1. The number of aryl methyl sites for hydroxylation is 2. The molecule has 0 fully saturated rings. The summed E-state index contributed by atoms with van der Waals surface area (Å²) in [6.07, 6.45) is 0. The highest BCUT2D eigenvalue weighted by molar-refractivity contribution is 5.93. The lowest BCUT2D eigenvalue weighted by molar-refractivity contribution is 0.583. The molecule has 0 saturated carbocycles. The monoisotopic (exact) mass is 272 g/mol. The molecular formula is C14H16N4O2. The summed E-state index contributed by atoms with van der Waals surface area (Å²) in [5.74, 6) is 0.565. The second-order valence-corrected chi connectivity index (χ2v) is 5.31. The van der Waals surface area contributed by atoms with Gasteiger partial charge < -0.3 is 4.98 Å². The summed E-state index contributed by atoms with van der Waals surface area (Å²) in [4.78, 5) is 31.3. The summed E-state index contributed by atoms with van der Waals surface area (Å²) in [5.41, 5.74) is 1.89. The largest absolute Gasteiger partial charge is 0.329 e. The van der Waals surface area contributed by atoms with E-state index in [0.717, 1.165) is 11.0 Å². The predicted octanol–water partition coefficient (Wildman–Crippen LogP) is 1.47. The average Bonchev–Trinajstić information content (AvgIpc) is 2.60. The van der Waals surface area contributed by atoms with Gasteiger partial charge in [0, 0.05) is 13.1 Å². The highest BCUT2D eigenvalue weighted by Crippen LogP contribution is 2.20. The summed E-state index contributed by atoms with van der Waals surface area (Å²) < 4.78 is 3.28. The quantitative estimate of drug-likeness (QED) is 0.729. The van der Waals surface area contributed by atoms with Crippen LogP contribution in [-0.4, -0.2) is 19.1 Å². The summed E-state index contributed by atoms with van der Waals surface area (Å²) in [5, 5.41) is 0.503. The molecule has 0 amide bonds. The molecule has 0 aliphatic carbocycles. The molecule has 6 heteroatoms. The minimum absolute atomic E-state index is 0.0288. The number of hydrogen-bond acceptors (Lipinski definition) is 3. The van der Waals surface area contributed by atoms with E-state index in [4.69, 9.17) is 0 Å². The second-order valence-electron chi connectivity index (χ2n) is 5.31. The smallest absolute Gasteiger partial charge is 0.310 e. The molecule has 0 aliphatic heterocycles. The Morgan fingerprint density at radius 3 is 2.55 bits per heavy atom. The average molecular weight is 272 g/mol. The first-order valence-corrected chi connectivity index (χ1v) is 6.51. The maximum atomic E-state index is 12.3. The van der Waals surface area contributed by atoms with Crippen LogP contribution in [0.3, 0.4) is 0 Å². The molecule has 0 saturated heterocycles. The van der Waals surface area contributed by atoms with Crippen LogP contribution in [0.1, 0.15) is 25.7 Å². The van der Waals surface area contributed by atoms with E-state index in [0.29, 0.717) is 16.7 Å². The number of aromatic amines is 1. The molecule has 0 spiro atoms. The third-order valence-electron chi connectivity index (χ3n) is 3.55. The highest BCUT2D eigenvalue weighted by atomic mass is 16.1. The summed E-state index contributed by atoms with van der Waals surface area (Å²) >= 11 is 0. The first kappa shape index (κ1) is 12.7. The van der Waals surface area contributed by atoms with Gasteiger partial charge in [-0.3, -0.25) is 13.9 Å². The minimum atomic E-state index is -0.180. The van der Waals surface area contributed by atoms with Crippen LogP contribution in [0.5, 0.6) is 0 Å². The molecule has 0 atom stereocenters. The lowest BCUT2D eigenvalue weighted by atomic mass is 10.2. The van der Waals surface area contributed by atoms with Gasteiger partial charge in [-0.15, -0.1) is 0 Å². The van der Waals surface area contributed by atoms with Gasteiger partial charge in [0.15, 0.2) is 0 Å². The van der Waals surface area contributed by atoms with E-state index in [9.17, 15) is 9.59 Å². The Hall–Kier alpha value is -2.37. The molecule has 0 aliphatic rings. The summed E-state index contributed by atoms with van der Waals surface area (Å²) in [7, 11) is 1.73. The third kappa shape index (κ3) is 1.61. The van der Waals surface area contributed by atoms with Crippen molar-refractivity contribution in [2.75, 3.05) is 0 Å². The maximum absolute atomic E-state index is 12.3. The Labute approximate surface area is 114 Å². The molecule has 1 N–H and O–H groups in total. The molecule has 0 unspecified atom stereocenters. The minimum Gasteiger partial charge on any atom is -0.310 e. The Bertz CT molecular complexity index is 944. The van der Waals surface area contributed by atoms with Gasteiger partial charge in [-0.25, -0.2) is 9.78 Å². The Morgan fingerprint density at radius 2 is 1.90 bits per heavy atom. The zero-order valence-electron chi connectivity index (χ0n) is 11.9. The summed E-state index contributed by atoms with van der Waals surface area (Å²) in [6.45, 7) is 5.63. The number of imidazole rings is 1. The van der Waals surface area contributed by atoms with Crippen molar-refractivity contribution in [2.24, 2.45) is 7.05 Å². The third-order valence-corrected chi connectivity index (χ3v) is 3.55. The molecule has 0 radical (unpaired) electrons. The van der Waals surface area contributed by atoms with E-state index < -0.39 is 0 Å². The van der Waals surface area contributed by atoms with E-state index in [1.165, 1.54) is 0 Å². The second kappa shape index (κ2) is 4.06. The van der Waals surface area contributed by atoms with Gasteiger partial charge in [0.05, 0.1) is 21.9 Å². The standard InChI is InChI=1S/C14H16N4O2/c1-7(2)18-12-5-9-10(15-8(3)16-13(9)19)6-11(12)17(4)14(18)20/h5-7H,1-4H3,(H,15,16,19). The number of fused-ring (bicyclic) bond motifs is 2. The molecule has 3 aromatic rings. The fourth-order valence-corrected chi connectivity index (χ4v) is 2.61. The SMILES string of the molecule is Cc1nc2cc3c(cc2c(=O)[nH]1)n(C(C)C)c(=O)n3C. The zero-order valence-corrected chi connectivity index (χ0v) is 11.9. The Balaban J connectivity index is 2.58.